The Hall–Kier alpha value is -2.63. The van der Waals surface area contributed by atoms with E-state index in [1.54, 1.807) is 35.1 Å². The SMILES string of the molecule is Cc1c(CNC(=O)CCc2ccc(C(=O)O)cc2)cnn1C. The molecule has 2 rings (SSSR count). The van der Waals surface area contributed by atoms with Crippen LogP contribution < -0.4 is 5.32 Å². The quantitative estimate of drug-likeness (QED) is 0.850. The summed E-state index contributed by atoms with van der Waals surface area (Å²) < 4.78 is 1.77. The van der Waals surface area contributed by atoms with Gasteiger partial charge in [-0.15, -0.1) is 0 Å². The van der Waals surface area contributed by atoms with Crippen molar-refractivity contribution in [3.8, 4) is 0 Å². The van der Waals surface area contributed by atoms with Gasteiger partial charge in [-0.05, 0) is 31.0 Å². The smallest absolute Gasteiger partial charge is 0.335 e. The van der Waals surface area contributed by atoms with Gasteiger partial charge in [-0.3, -0.25) is 9.48 Å². The molecular weight excluding hydrogens is 282 g/mol. The van der Waals surface area contributed by atoms with Crippen molar-refractivity contribution >= 4 is 11.9 Å². The Balaban J connectivity index is 1.80. The molecule has 1 aromatic carbocycles. The lowest BCUT2D eigenvalue weighted by molar-refractivity contribution is -0.121. The van der Waals surface area contributed by atoms with E-state index in [0.29, 0.717) is 19.4 Å². The summed E-state index contributed by atoms with van der Waals surface area (Å²) in [4.78, 5) is 22.6. The van der Waals surface area contributed by atoms with Gasteiger partial charge in [0.1, 0.15) is 0 Å². The second kappa shape index (κ2) is 6.89. The second-order valence-electron chi connectivity index (χ2n) is 5.16. The summed E-state index contributed by atoms with van der Waals surface area (Å²) in [6.07, 6.45) is 2.70. The first-order valence-corrected chi connectivity index (χ1v) is 7.04. The Bertz CT molecular complexity index is 674. The fourth-order valence-electron chi connectivity index (χ4n) is 2.07. The highest BCUT2D eigenvalue weighted by atomic mass is 16.4. The first-order chi connectivity index (χ1) is 10.5. The summed E-state index contributed by atoms with van der Waals surface area (Å²) in [5.41, 5.74) is 3.23. The molecule has 0 spiro atoms. The number of carbonyl (C=O) groups excluding carboxylic acids is 1. The molecule has 0 bridgehead atoms. The predicted molar refractivity (Wildman–Crippen MR) is 81.5 cm³/mol. The molecular formula is C16H19N3O3. The largest absolute Gasteiger partial charge is 0.478 e. The normalized spacial score (nSPS) is 10.5. The highest BCUT2D eigenvalue weighted by Crippen LogP contribution is 2.08. The fraction of sp³-hybridized carbons (Fsp3) is 0.312. The van der Waals surface area contributed by atoms with Crippen LogP contribution in [0.3, 0.4) is 0 Å². The van der Waals surface area contributed by atoms with E-state index in [1.807, 2.05) is 14.0 Å². The molecule has 0 aliphatic rings. The Morgan fingerprint density at radius 3 is 2.50 bits per heavy atom. The van der Waals surface area contributed by atoms with Gasteiger partial charge in [-0.2, -0.15) is 5.10 Å². The molecule has 1 amide bonds. The van der Waals surface area contributed by atoms with Gasteiger partial charge in [-0.25, -0.2) is 4.79 Å². The van der Waals surface area contributed by atoms with Crippen LogP contribution in [0.4, 0.5) is 0 Å². The summed E-state index contributed by atoms with van der Waals surface area (Å²) in [6.45, 7) is 2.43. The summed E-state index contributed by atoms with van der Waals surface area (Å²) in [7, 11) is 1.86. The highest BCUT2D eigenvalue weighted by molar-refractivity contribution is 5.87. The average molecular weight is 301 g/mol. The van der Waals surface area contributed by atoms with E-state index in [2.05, 4.69) is 10.4 Å². The van der Waals surface area contributed by atoms with Crippen LogP contribution in [0.15, 0.2) is 30.5 Å². The zero-order valence-electron chi connectivity index (χ0n) is 12.7. The molecule has 116 valence electrons. The molecule has 0 saturated carbocycles. The van der Waals surface area contributed by atoms with Gasteiger partial charge in [0.15, 0.2) is 0 Å². The van der Waals surface area contributed by atoms with E-state index in [4.69, 9.17) is 5.11 Å². The molecule has 0 aliphatic carbocycles. The number of nitrogens with one attached hydrogen (secondary N) is 1. The van der Waals surface area contributed by atoms with Crippen LogP contribution in [0.5, 0.6) is 0 Å². The maximum Gasteiger partial charge on any atom is 0.335 e. The van der Waals surface area contributed by atoms with E-state index in [0.717, 1.165) is 16.8 Å². The van der Waals surface area contributed by atoms with Crippen molar-refractivity contribution in [1.29, 1.82) is 0 Å². The number of benzene rings is 1. The zero-order chi connectivity index (χ0) is 16.1. The number of hydrogen-bond acceptors (Lipinski definition) is 3. The number of nitrogens with zero attached hydrogens (tertiary/aromatic N) is 2. The number of aryl methyl sites for hydroxylation is 2. The van der Waals surface area contributed by atoms with Crippen LogP contribution in [0.2, 0.25) is 0 Å². The molecule has 0 atom stereocenters. The second-order valence-corrected chi connectivity index (χ2v) is 5.16. The molecule has 0 saturated heterocycles. The summed E-state index contributed by atoms with van der Waals surface area (Å²) >= 11 is 0. The molecule has 6 heteroatoms. The third kappa shape index (κ3) is 3.94. The van der Waals surface area contributed by atoms with Gasteiger partial charge in [0.25, 0.3) is 0 Å². The van der Waals surface area contributed by atoms with Crippen molar-refractivity contribution in [3.63, 3.8) is 0 Å². The van der Waals surface area contributed by atoms with Crippen LogP contribution in [0, 0.1) is 6.92 Å². The number of amides is 1. The molecule has 22 heavy (non-hydrogen) atoms. The number of carbonyl (C=O) groups is 2. The van der Waals surface area contributed by atoms with Crippen molar-refractivity contribution in [2.45, 2.75) is 26.3 Å². The lowest BCUT2D eigenvalue weighted by Gasteiger charge is -2.05. The molecule has 0 unspecified atom stereocenters. The monoisotopic (exact) mass is 301 g/mol. The van der Waals surface area contributed by atoms with Crippen molar-refractivity contribution in [3.05, 3.63) is 52.8 Å². The molecule has 1 aromatic heterocycles. The Labute approximate surface area is 128 Å². The lowest BCUT2D eigenvalue weighted by Crippen LogP contribution is -2.23. The van der Waals surface area contributed by atoms with Gasteiger partial charge in [-0.1, -0.05) is 12.1 Å². The Morgan fingerprint density at radius 1 is 1.27 bits per heavy atom. The average Bonchev–Trinajstić information content (AvgIpc) is 2.83. The number of hydrogen-bond donors (Lipinski definition) is 2. The van der Waals surface area contributed by atoms with Gasteiger partial charge in [0, 0.05) is 31.3 Å². The van der Waals surface area contributed by atoms with E-state index in [9.17, 15) is 9.59 Å². The number of rotatable bonds is 6. The summed E-state index contributed by atoms with van der Waals surface area (Å²) in [5.74, 6) is -0.985. The van der Waals surface area contributed by atoms with E-state index in [1.165, 1.54) is 0 Å². The first-order valence-electron chi connectivity index (χ1n) is 7.04. The Kier molecular flexibility index (Phi) is 4.93. The molecule has 2 aromatic rings. The van der Waals surface area contributed by atoms with Crippen LogP contribution in [-0.4, -0.2) is 26.8 Å². The summed E-state index contributed by atoms with van der Waals surface area (Å²) in [6, 6.07) is 6.58. The standard InChI is InChI=1S/C16H19N3O3/c1-11-14(10-18-19(11)2)9-17-15(20)8-5-12-3-6-13(7-4-12)16(21)22/h3-4,6-7,10H,5,8-9H2,1-2H3,(H,17,20)(H,21,22). The number of aromatic nitrogens is 2. The van der Waals surface area contributed by atoms with Crippen LogP contribution in [0.25, 0.3) is 0 Å². The van der Waals surface area contributed by atoms with E-state index >= 15 is 0 Å². The number of carboxylic acid groups (broad SMARTS) is 1. The maximum absolute atomic E-state index is 11.9. The minimum Gasteiger partial charge on any atom is -0.478 e. The third-order valence-corrected chi connectivity index (χ3v) is 3.65. The molecule has 0 aliphatic heterocycles. The van der Waals surface area contributed by atoms with Gasteiger partial charge in [0.2, 0.25) is 5.91 Å². The van der Waals surface area contributed by atoms with Gasteiger partial charge < -0.3 is 10.4 Å². The molecule has 2 N–H and O–H groups in total. The number of carboxylic acids is 1. The van der Waals surface area contributed by atoms with E-state index < -0.39 is 5.97 Å². The van der Waals surface area contributed by atoms with Gasteiger partial charge in [0.05, 0.1) is 11.8 Å². The van der Waals surface area contributed by atoms with Crippen LogP contribution in [0.1, 0.15) is 33.6 Å². The van der Waals surface area contributed by atoms with Crippen molar-refractivity contribution in [1.82, 2.24) is 15.1 Å². The third-order valence-electron chi connectivity index (χ3n) is 3.65. The minimum atomic E-state index is -0.948. The highest BCUT2D eigenvalue weighted by Gasteiger charge is 2.07. The maximum atomic E-state index is 11.9. The van der Waals surface area contributed by atoms with Gasteiger partial charge >= 0.3 is 5.97 Å². The number of aromatic carboxylic acids is 1. The van der Waals surface area contributed by atoms with Crippen molar-refractivity contribution < 1.29 is 14.7 Å². The first kappa shape index (κ1) is 15.8. The Morgan fingerprint density at radius 2 is 1.95 bits per heavy atom. The summed E-state index contributed by atoms with van der Waals surface area (Å²) in [5, 5.41) is 15.8. The fourth-order valence-corrected chi connectivity index (χ4v) is 2.07. The van der Waals surface area contributed by atoms with Crippen LogP contribution >= 0.6 is 0 Å². The molecule has 1 heterocycles. The molecule has 6 nitrogen and oxygen atoms in total. The van der Waals surface area contributed by atoms with Crippen LogP contribution in [-0.2, 0) is 24.8 Å². The van der Waals surface area contributed by atoms with E-state index in [-0.39, 0.29) is 11.5 Å². The lowest BCUT2D eigenvalue weighted by atomic mass is 10.1. The van der Waals surface area contributed by atoms with Crippen molar-refractivity contribution in [2.75, 3.05) is 0 Å². The predicted octanol–water partition coefficient (Wildman–Crippen LogP) is 1.68. The van der Waals surface area contributed by atoms with Crippen molar-refractivity contribution in [2.24, 2.45) is 7.05 Å². The zero-order valence-corrected chi connectivity index (χ0v) is 12.7. The molecule has 0 radical (unpaired) electrons. The topological polar surface area (TPSA) is 84.2 Å². The minimum absolute atomic E-state index is 0.0365. The molecule has 0 fully saturated rings.